The van der Waals surface area contributed by atoms with Crippen LogP contribution in [-0.2, 0) is 17.6 Å². The van der Waals surface area contributed by atoms with E-state index in [4.69, 9.17) is 14.2 Å². The summed E-state index contributed by atoms with van der Waals surface area (Å²) in [6.45, 7) is 0.574. The number of ether oxygens (including phenoxy) is 3. The van der Waals surface area contributed by atoms with E-state index < -0.39 is 0 Å². The van der Waals surface area contributed by atoms with Crippen molar-refractivity contribution >= 4 is 5.91 Å². The Labute approximate surface area is 167 Å². The summed E-state index contributed by atoms with van der Waals surface area (Å²) < 4.78 is 16.0. The Morgan fingerprint density at radius 3 is 2.54 bits per heavy atom. The van der Waals surface area contributed by atoms with Crippen molar-refractivity contribution in [1.82, 2.24) is 5.32 Å². The molecule has 0 spiro atoms. The summed E-state index contributed by atoms with van der Waals surface area (Å²) in [5.74, 6) is 2.86. The summed E-state index contributed by atoms with van der Waals surface area (Å²) in [4.78, 5) is 12.5. The number of aryl methyl sites for hydroxylation is 1. The lowest BCUT2D eigenvalue weighted by atomic mass is 9.81. The highest BCUT2D eigenvalue weighted by Gasteiger charge is 2.23. The number of hydrogen-bond donors (Lipinski definition) is 1. The Balaban J connectivity index is 1.56. The predicted molar refractivity (Wildman–Crippen MR) is 110 cm³/mol. The van der Waals surface area contributed by atoms with Gasteiger partial charge >= 0.3 is 0 Å². The molecular weight excluding hydrogens is 354 g/mol. The van der Waals surface area contributed by atoms with Gasteiger partial charge in [-0.05, 0) is 78.6 Å². The van der Waals surface area contributed by atoms with Gasteiger partial charge in [0.25, 0.3) is 0 Å². The maximum Gasteiger partial charge on any atom is 0.220 e. The third-order valence-corrected chi connectivity index (χ3v) is 5.42. The van der Waals surface area contributed by atoms with E-state index in [-0.39, 0.29) is 11.8 Å². The van der Waals surface area contributed by atoms with Gasteiger partial charge in [0.15, 0.2) is 0 Å². The molecular formula is C23H29NO4. The topological polar surface area (TPSA) is 56.8 Å². The van der Waals surface area contributed by atoms with Crippen molar-refractivity contribution in [3.05, 3.63) is 53.1 Å². The van der Waals surface area contributed by atoms with Crippen LogP contribution in [0.1, 0.15) is 41.9 Å². The average Bonchev–Trinajstić information content (AvgIpc) is 2.73. The maximum atomic E-state index is 12.5. The molecule has 1 atom stereocenters. The molecule has 1 amide bonds. The van der Waals surface area contributed by atoms with Gasteiger partial charge in [-0.15, -0.1) is 0 Å². The number of rotatable bonds is 8. The zero-order chi connectivity index (χ0) is 19.9. The van der Waals surface area contributed by atoms with E-state index >= 15 is 0 Å². The van der Waals surface area contributed by atoms with E-state index in [0.717, 1.165) is 42.1 Å². The summed E-state index contributed by atoms with van der Waals surface area (Å²) in [7, 11) is 4.98. The zero-order valence-electron chi connectivity index (χ0n) is 16.9. The lowest BCUT2D eigenvalue weighted by Gasteiger charge is -2.25. The first-order valence-corrected chi connectivity index (χ1v) is 9.79. The van der Waals surface area contributed by atoms with Crippen LogP contribution in [0.3, 0.4) is 0 Å². The summed E-state index contributed by atoms with van der Waals surface area (Å²) in [6, 6.07) is 11.9. The van der Waals surface area contributed by atoms with Crippen molar-refractivity contribution in [1.29, 1.82) is 0 Å². The second kappa shape index (κ2) is 9.49. The van der Waals surface area contributed by atoms with Crippen LogP contribution in [0.25, 0.3) is 0 Å². The molecule has 0 heterocycles. The quantitative estimate of drug-likeness (QED) is 0.752. The molecule has 1 N–H and O–H groups in total. The molecule has 3 rings (SSSR count). The van der Waals surface area contributed by atoms with Gasteiger partial charge in [0, 0.05) is 13.0 Å². The number of methoxy groups -OCH3 is 3. The minimum absolute atomic E-state index is 0.0931. The van der Waals surface area contributed by atoms with Crippen LogP contribution in [0.2, 0.25) is 0 Å². The van der Waals surface area contributed by atoms with Gasteiger partial charge in [0.05, 0.1) is 21.3 Å². The van der Waals surface area contributed by atoms with Gasteiger partial charge < -0.3 is 19.5 Å². The Morgan fingerprint density at radius 1 is 1.04 bits per heavy atom. The van der Waals surface area contributed by atoms with Crippen LogP contribution in [0, 0.1) is 0 Å². The highest BCUT2D eigenvalue weighted by Crippen LogP contribution is 2.35. The van der Waals surface area contributed by atoms with Crippen LogP contribution >= 0.6 is 0 Å². The van der Waals surface area contributed by atoms with E-state index in [1.54, 1.807) is 21.3 Å². The largest absolute Gasteiger partial charge is 0.497 e. The summed E-state index contributed by atoms with van der Waals surface area (Å²) in [5.41, 5.74) is 3.62. The second-order valence-electron chi connectivity index (χ2n) is 7.14. The van der Waals surface area contributed by atoms with E-state index in [1.165, 1.54) is 11.1 Å². The van der Waals surface area contributed by atoms with E-state index in [1.807, 2.05) is 24.3 Å². The first-order valence-electron chi connectivity index (χ1n) is 9.79. The molecule has 0 saturated carbocycles. The number of carbonyl (C=O) groups excluding carboxylic acids is 1. The lowest BCUT2D eigenvalue weighted by Crippen LogP contribution is -2.28. The molecule has 2 aromatic rings. The van der Waals surface area contributed by atoms with Gasteiger partial charge in [-0.25, -0.2) is 0 Å². The van der Waals surface area contributed by atoms with Crippen molar-refractivity contribution in [3.63, 3.8) is 0 Å². The predicted octanol–water partition coefficient (Wildman–Crippen LogP) is 3.88. The van der Waals surface area contributed by atoms with Crippen LogP contribution in [0.4, 0.5) is 0 Å². The monoisotopic (exact) mass is 383 g/mol. The molecule has 5 heteroatoms. The fourth-order valence-corrected chi connectivity index (χ4v) is 3.94. The van der Waals surface area contributed by atoms with Crippen molar-refractivity contribution in [2.24, 2.45) is 0 Å². The van der Waals surface area contributed by atoms with Crippen LogP contribution < -0.4 is 19.5 Å². The van der Waals surface area contributed by atoms with Gasteiger partial charge in [-0.3, -0.25) is 4.79 Å². The van der Waals surface area contributed by atoms with Crippen LogP contribution in [0.15, 0.2) is 36.4 Å². The normalized spacial score (nSPS) is 15.5. The fraction of sp³-hybridized carbons (Fsp3) is 0.435. The molecule has 0 bridgehead atoms. The third-order valence-electron chi connectivity index (χ3n) is 5.42. The number of hydrogen-bond acceptors (Lipinski definition) is 4. The SMILES string of the molecule is COc1ccc(OC)c(CCNC(=O)CC2CCCc3cc(OC)ccc32)c1. The Bertz CT molecular complexity index is 818. The summed E-state index contributed by atoms with van der Waals surface area (Å²) in [5, 5.41) is 3.06. The molecule has 1 unspecified atom stereocenters. The van der Waals surface area contributed by atoms with Gasteiger partial charge in [0.2, 0.25) is 5.91 Å². The molecule has 1 aliphatic rings. The lowest BCUT2D eigenvalue weighted by molar-refractivity contribution is -0.121. The average molecular weight is 383 g/mol. The molecule has 150 valence electrons. The van der Waals surface area contributed by atoms with Crippen LogP contribution in [-0.4, -0.2) is 33.8 Å². The summed E-state index contributed by atoms with van der Waals surface area (Å²) in [6.07, 6.45) is 4.44. The van der Waals surface area contributed by atoms with Crippen molar-refractivity contribution < 1.29 is 19.0 Å². The second-order valence-corrected chi connectivity index (χ2v) is 7.14. The fourth-order valence-electron chi connectivity index (χ4n) is 3.94. The molecule has 28 heavy (non-hydrogen) atoms. The van der Waals surface area contributed by atoms with Gasteiger partial charge in [0.1, 0.15) is 17.2 Å². The van der Waals surface area contributed by atoms with Crippen molar-refractivity contribution in [2.75, 3.05) is 27.9 Å². The minimum atomic E-state index is 0.0931. The number of amides is 1. The molecule has 0 aliphatic heterocycles. The highest BCUT2D eigenvalue weighted by molar-refractivity contribution is 5.77. The maximum absolute atomic E-state index is 12.5. The molecule has 2 aromatic carbocycles. The molecule has 0 radical (unpaired) electrons. The van der Waals surface area contributed by atoms with Crippen LogP contribution in [0.5, 0.6) is 17.2 Å². The molecule has 0 saturated heterocycles. The van der Waals surface area contributed by atoms with Gasteiger partial charge in [-0.1, -0.05) is 6.07 Å². The van der Waals surface area contributed by atoms with E-state index in [9.17, 15) is 4.79 Å². The summed E-state index contributed by atoms with van der Waals surface area (Å²) >= 11 is 0. The standard InChI is InChI=1S/C23H29NO4/c1-26-19-7-9-21-16(13-19)5-4-6-17(21)15-23(25)24-12-11-18-14-20(27-2)8-10-22(18)28-3/h7-10,13-14,17H,4-6,11-12,15H2,1-3H3,(H,24,25). The molecule has 5 nitrogen and oxygen atoms in total. The molecule has 0 aromatic heterocycles. The third kappa shape index (κ3) is 4.77. The first-order chi connectivity index (χ1) is 13.6. The van der Waals surface area contributed by atoms with E-state index in [0.29, 0.717) is 19.4 Å². The minimum Gasteiger partial charge on any atom is -0.497 e. The van der Waals surface area contributed by atoms with Crippen molar-refractivity contribution in [2.45, 2.75) is 38.0 Å². The zero-order valence-corrected chi connectivity index (χ0v) is 16.9. The Kier molecular flexibility index (Phi) is 6.80. The number of benzene rings is 2. The van der Waals surface area contributed by atoms with E-state index in [2.05, 4.69) is 17.4 Å². The molecule has 0 fully saturated rings. The smallest absolute Gasteiger partial charge is 0.220 e. The number of fused-ring (bicyclic) bond motifs is 1. The number of nitrogens with one attached hydrogen (secondary N) is 1. The van der Waals surface area contributed by atoms with Gasteiger partial charge in [-0.2, -0.15) is 0 Å². The van der Waals surface area contributed by atoms with Crippen molar-refractivity contribution in [3.8, 4) is 17.2 Å². The highest BCUT2D eigenvalue weighted by atomic mass is 16.5. The Hall–Kier alpha value is -2.69. The number of carbonyl (C=O) groups is 1. The Morgan fingerprint density at radius 2 is 1.79 bits per heavy atom. The first kappa shape index (κ1) is 20.1. The molecule has 1 aliphatic carbocycles.